The zero-order valence-corrected chi connectivity index (χ0v) is 14.9. The van der Waals surface area contributed by atoms with E-state index in [2.05, 4.69) is 35.0 Å². The summed E-state index contributed by atoms with van der Waals surface area (Å²) in [6.07, 6.45) is 6.64. The van der Waals surface area contributed by atoms with E-state index in [9.17, 15) is 4.79 Å². The van der Waals surface area contributed by atoms with Gasteiger partial charge in [-0.1, -0.05) is 18.2 Å². The van der Waals surface area contributed by atoms with Crippen LogP contribution in [0.1, 0.15) is 44.1 Å². The van der Waals surface area contributed by atoms with E-state index in [1.807, 2.05) is 0 Å². The minimum atomic E-state index is 0. The Morgan fingerprint density at radius 3 is 2.74 bits per heavy atom. The second-order valence-corrected chi connectivity index (χ2v) is 7.20. The highest BCUT2D eigenvalue weighted by Gasteiger charge is 2.19. The third-order valence-corrected chi connectivity index (χ3v) is 5.56. The molecule has 126 valence electrons. The van der Waals surface area contributed by atoms with Crippen molar-refractivity contribution in [3.05, 3.63) is 35.2 Å². The van der Waals surface area contributed by atoms with E-state index in [1.54, 1.807) is 11.3 Å². The van der Waals surface area contributed by atoms with Crippen molar-refractivity contribution in [2.45, 2.75) is 57.0 Å². The second-order valence-electron chi connectivity index (χ2n) is 6.29. The molecule has 0 atom stereocenters. The van der Waals surface area contributed by atoms with Crippen molar-refractivity contribution in [2.24, 2.45) is 5.73 Å². The summed E-state index contributed by atoms with van der Waals surface area (Å²) in [7, 11) is 0. The van der Waals surface area contributed by atoms with Crippen molar-refractivity contribution in [2.75, 3.05) is 0 Å². The minimum Gasteiger partial charge on any atom is -0.353 e. The Labute approximate surface area is 148 Å². The molecule has 1 aromatic heterocycles. The maximum absolute atomic E-state index is 12.0. The topological polar surface area (TPSA) is 55.1 Å². The van der Waals surface area contributed by atoms with Gasteiger partial charge in [-0.2, -0.15) is 0 Å². The van der Waals surface area contributed by atoms with Crippen LogP contribution in [0.15, 0.2) is 29.6 Å². The number of carbonyl (C=O) groups excluding carboxylic acids is 1. The van der Waals surface area contributed by atoms with Gasteiger partial charge in [-0.05, 0) is 60.9 Å². The highest BCUT2D eigenvalue weighted by atomic mass is 35.5. The van der Waals surface area contributed by atoms with E-state index < -0.39 is 0 Å². The van der Waals surface area contributed by atoms with Crippen LogP contribution >= 0.6 is 23.7 Å². The lowest BCUT2D eigenvalue weighted by molar-refractivity contribution is -0.122. The molecule has 1 aliphatic rings. The van der Waals surface area contributed by atoms with Gasteiger partial charge in [-0.15, -0.1) is 23.7 Å². The Morgan fingerprint density at radius 1 is 1.22 bits per heavy atom. The van der Waals surface area contributed by atoms with E-state index in [1.165, 1.54) is 15.6 Å². The molecule has 1 saturated carbocycles. The summed E-state index contributed by atoms with van der Waals surface area (Å²) in [6.45, 7) is 0. The first-order valence-electron chi connectivity index (χ1n) is 8.22. The van der Waals surface area contributed by atoms with Crippen LogP contribution in [0.3, 0.4) is 0 Å². The number of hydrogen-bond donors (Lipinski definition) is 2. The zero-order valence-electron chi connectivity index (χ0n) is 13.3. The first kappa shape index (κ1) is 18.2. The van der Waals surface area contributed by atoms with Gasteiger partial charge in [0.15, 0.2) is 0 Å². The number of thiophene rings is 1. The van der Waals surface area contributed by atoms with Crippen LogP contribution in [-0.4, -0.2) is 18.0 Å². The summed E-state index contributed by atoms with van der Waals surface area (Å²) in [5, 5.41) is 6.73. The maximum atomic E-state index is 12.0. The van der Waals surface area contributed by atoms with Gasteiger partial charge in [-0.25, -0.2) is 0 Å². The summed E-state index contributed by atoms with van der Waals surface area (Å²) >= 11 is 1.79. The van der Waals surface area contributed by atoms with Crippen molar-refractivity contribution in [3.63, 3.8) is 0 Å². The Morgan fingerprint density at radius 2 is 1.96 bits per heavy atom. The van der Waals surface area contributed by atoms with Crippen molar-refractivity contribution >= 4 is 39.7 Å². The fourth-order valence-electron chi connectivity index (χ4n) is 3.23. The molecule has 0 radical (unpaired) electrons. The highest BCUT2D eigenvalue weighted by molar-refractivity contribution is 7.17. The van der Waals surface area contributed by atoms with E-state index in [-0.39, 0.29) is 18.3 Å². The molecule has 23 heavy (non-hydrogen) atoms. The molecule has 5 heteroatoms. The first-order chi connectivity index (χ1) is 10.7. The number of fused-ring (bicyclic) bond motifs is 1. The molecule has 3 N–H and O–H groups in total. The molecule has 3 rings (SSSR count). The molecule has 0 saturated heterocycles. The lowest BCUT2D eigenvalue weighted by Gasteiger charge is -2.26. The van der Waals surface area contributed by atoms with Crippen LogP contribution in [0.4, 0.5) is 0 Å². The predicted octanol–water partition coefficient (Wildman–Crippen LogP) is 4.03. The molecular weight excluding hydrogens is 328 g/mol. The number of benzene rings is 1. The third kappa shape index (κ3) is 4.93. The summed E-state index contributed by atoms with van der Waals surface area (Å²) < 4.78 is 1.33. The maximum Gasteiger partial charge on any atom is 0.220 e. The Hall–Kier alpha value is -1.10. The molecular formula is C18H25ClN2OS. The number of halogens is 1. The van der Waals surface area contributed by atoms with Gasteiger partial charge in [-0.3, -0.25) is 4.79 Å². The lowest BCUT2D eigenvalue weighted by atomic mass is 9.92. The summed E-state index contributed by atoms with van der Waals surface area (Å²) in [5.74, 6) is 0.194. The molecule has 2 aromatic rings. The molecule has 0 bridgehead atoms. The smallest absolute Gasteiger partial charge is 0.220 e. The van der Waals surface area contributed by atoms with Gasteiger partial charge in [0.2, 0.25) is 5.91 Å². The van der Waals surface area contributed by atoms with Crippen LogP contribution in [0.2, 0.25) is 0 Å². The average Bonchev–Trinajstić information content (AvgIpc) is 2.93. The molecule has 0 aliphatic heterocycles. The fraction of sp³-hybridized carbons (Fsp3) is 0.500. The molecule has 1 heterocycles. The fourth-order valence-corrected chi connectivity index (χ4v) is 4.23. The van der Waals surface area contributed by atoms with E-state index in [0.717, 1.165) is 38.5 Å². The number of carbonyl (C=O) groups is 1. The number of hydrogen-bond acceptors (Lipinski definition) is 3. The average molecular weight is 353 g/mol. The summed E-state index contributed by atoms with van der Waals surface area (Å²) in [6, 6.07) is 9.16. The Bertz CT molecular complexity index is 635. The SMILES string of the molecule is Cl.NC1CCC(NC(=O)CCCc2csc3ccccc23)CC1. The third-order valence-electron chi connectivity index (χ3n) is 4.55. The van der Waals surface area contributed by atoms with Gasteiger partial charge in [0.05, 0.1) is 0 Å². The van der Waals surface area contributed by atoms with Gasteiger partial charge < -0.3 is 11.1 Å². The first-order valence-corrected chi connectivity index (χ1v) is 9.10. The number of nitrogens with two attached hydrogens (primary N) is 1. The number of nitrogens with one attached hydrogen (secondary N) is 1. The standard InChI is InChI=1S/C18H24N2OS.ClH/c19-14-8-10-15(11-9-14)20-18(21)7-3-4-13-12-22-17-6-2-1-5-16(13)17;/h1-2,5-6,12,14-15H,3-4,7-11,19H2,(H,20,21);1H. The molecule has 1 aliphatic carbocycles. The number of rotatable bonds is 5. The Kier molecular flexibility index (Phi) is 6.88. The predicted molar refractivity (Wildman–Crippen MR) is 100 cm³/mol. The largest absolute Gasteiger partial charge is 0.353 e. The monoisotopic (exact) mass is 352 g/mol. The van der Waals surface area contributed by atoms with Crippen LogP contribution in [-0.2, 0) is 11.2 Å². The van der Waals surface area contributed by atoms with Crippen molar-refractivity contribution in [3.8, 4) is 0 Å². The molecule has 3 nitrogen and oxygen atoms in total. The normalized spacial score (nSPS) is 20.9. The van der Waals surface area contributed by atoms with Crippen molar-refractivity contribution < 1.29 is 4.79 Å². The van der Waals surface area contributed by atoms with Crippen molar-refractivity contribution in [1.29, 1.82) is 0 Å². The Balaban J connectivity index is 0.00000192. The van der Waals surface area contributed by atoms with E-state index >= 15 is 0 Å². The van der Waals surface area contributed by atoms with E-state index in [4.69, 9.17) is 5.73 Å². The van der Waals surface area contributed by atoms with Gasteiger partial charge in [0.25, 0.3) is 0 Å². The molecule has 1 fully saturated rings. The summed E-state index contributed by atoms with van der Waals surface area (Å²) in [5.41, 5.74) is 7.27. The number of amides is 1. The number of aryl methyl sites for hydroxylation is 1. The minimum absolute atomic E-state index is 0. The van der Waals surface area contributed by atoms with Crippen LogP contribution in [0.25, 0.3) is 10.1 Å². The molecule has 1 amide bonds. The quantitative estimate of drug-likeness (QED) is 0.853. The van der Waals surface area contributed by atoms with Crippen LogP contribution in [0, 0.1) is 0 Å². The molecule has 0 unspecified atom stereocenters. The van der Waals surface area contributed by atoms with E-state index in [0.29, 0.717) is 18.5 Å². The highest BCUT2D eigenvalue weighted by Crippen LogP contribution is 2.26. The van der Waals surface area contributed by atoms with Crippen LogP contribution in [0.5, 0.6) is 0 Å². The summed E-state index contributed by atoms with van der Waals surface area (Å²) in [4.78, 5) is 12.0. The second kappa shape index (κ2) is 8.67. The van der Waals surface area contributed by atoms with Crippen LogP contribution < -0.4 is 11.1 Å². The lowest BCUT2D eigenvalue weighted by Crippen LogP contribution is -2.40. The van der Waals surface area contributed by atoms with Crippen molar-refractivity contribution in [1.82, 2.24) is 5.32 Å². The zero-order chi connectivity index (χ0) is 15.4. The van der Waals surface area contributed by atoms with Gasteiger partial charge >= 0.3 is 0 Å². The van der Waals surface area contributed by atoms with Gasteiger partial charge in [0, 0.05) is 23.2 Å². The molecule has 0 spiro atoms. The van der Waals surface area contributed by atoms with Gasteiger partial charge in [0.1, 0.15) is 0 Å². The molecule has 1 aromatic carbocycles.